The highest BCUT2D eigenvalue weighted by atomic mass is 35.5. The smallest absolute Gasteiger partial charge is 0.224 e. The van der Waals surface area contributed by atoms with Crippen LogP contribution in [0.1, 0.15) is 13.3 Å². The second-order valence-electron chi connectivity index (χ2n) is 4.77. The second-order valence-corrected chi connectivity index (χ2v) is 5.18. The van der Waals surface area contributed by atoms with Crippen LogP contribution in [-0.4, -0.2) is 54.6 Å². The number of likely N-dealkylation sites (N-methyl/N-ethyl adjacent to an activating group) is 1. The first-order chi connectivity index (χ1) is 8.61. The molecule has 1 unspecified atom stereocenters. The average Bonchev–Trinajstić information content (AvgIpc) is 2.51. The standard InChI is InChI=1S/C12H20ClN5/c1-9-8-17(3)5-4-6-18(9)11-10(13)7-15-12(14-2)16-11/h7,9H,4-6,8H2,1-3H3,(H,14,15,16). The summed E-state index contributed by atoms with van der Waals surface area (Å²) < 4.78 is 0. The number of nitrogens with zero attached hydrogens (tertiary/aromatic N) is 4. The summed E-state index contributed by atoms with van der Waals surface area (Å²) >= 11 is 6.23. The summed E-state index contributed by atoms with van der Waals surface area (Å²) in [5.41, 5.74) is 0. The van der Waals surface area contributed by atoms with Crippen molar-refractivity contribution in [3.63, 3.8) is 0 Å². The first kappa shape index (κ1) is 13.4. The van der Waals surface area contributed by atoms with E-state index in [1.807, 2.05) is 7.05 Å². The molecule has 100 valence electrons. The molecule has 1 N–H and O–H groups in total. The van der Waals surface area contributed by atoms with E-state index in [2.05, 4.69) is 39.1 Å². The van der Waals surface area contributed by atoms with Gasteiger partial charge in [0.1, 0.15) is 5.02 Å². The Hall–Kier alpha value is -1.07. The third kappa shape index (κ3) is 2.84. The Morgan fingerprint density at radius 1 is 1.44 bits per heavy atom. The van der Waals surface area contributed by atoms with E-state index in [-0.39, 0.29) is 0 Å². The first-order valence-electron chi connectivity index (χ1n) is 6.27. The van der Waals surface area contributed by atoms with E-state index in [0.29, 0.717) is 17.0 Å². The molecule has 2 heterocycles. The number of halogens is 1. The number of hydrogen-bond acceptors (Lipinski definition) is 5. The topological polar surface area (TPSA) is 44.3 Å². The van der Waals surface area contributed by atoms with Gasteiger partial charge >= 0.3 is 0 Å². The monoisotopic (exact) mass is 269 g/mol. The normalized spacial score (nSPS) is 21.8. The fraction of sp³-hybridized carbons (Fsp3) is 0.667. The Bertz CT molecular complexity index is 411. The lowest BCUT2D eigenvalue weighted by atomic mass is 10.2. The minimum Gasteiger partial charge on any atom is -0.357 e. The zero-order chi connectivity index (χ0) is 13.1. The molecule has 0 spiro atoms. The van der Waals surface area contributed by atoms with Crippen molar-refractivity contribution < 1.29 is 0 Å². The predicted molar refractivity (Wildman–Crippen MR) is 75.5 cm³/mol. The number of hydrogen-bond donors (Lipinski definition) is 1. The lowest BCUT2D eigenvalue weighted by Gasteiger charge is -2.29. The molecule has 0 aromatic carbocycles. The van der Waals surface area contributed by atoms with Crippen LogP contribution in [0.4, 0.5) is 11.8 Å². The Morgan fingerprint density at radius 3 is 2.94 bits per heavy atom. The van der Waals surface area contributed by atoms with Gasteiger partial charge in [-0.25, -0.2) is 4.98 Å². The molecular formula is C12H20ClN5. The Balaban J connectivity index is 2.28. The Kier molecular flexibility index (Phi) is 4.24. The van der Waals surface area contributed by atoms with Crippen molar-refractivity contribution >= 4 is 23.4 Å². The van der Waals surface area contributed by atoms with Gasteiger partial charge in [-0.3, -0.25) is 0 Å². The van der Waals surface area contributed by atoms with Gasteiger partial charge in [-0.05, 0) is 26.9 Å². The molecule has 2 rings (SSSR count). The summed E-state index contributed by atoms with van der Waals surface area (Å²) in [6.45, 7) is 5.32. The largest absolute Gasteiger partial charge is 0.357 e. The number of anilines is 2. The van der Waals surface area contributed by atoms with E-state index in [1.54, 1.807) is 6.20 Å². The molecule has 5 nitrogen and oxygen atoms in total. The molecule has 1 fully saturated rings. The molecule has 0 radical (unpaired) electrons. The van der Waals surface area contributed by atoms with E-state index in [1.165, 1.54) is 0 Å². The highest BCUT2D eigenvalue weighted by Gasteiger charge is 2.23. The first-order valence-corrected chi connectivity index (χ1v) is 6.65. The number of rotatable bonds is 2. The fourth-order valence-corrected chi connectivity index (χ4v) is 2.57. The van der Waals surface area contributed by atoms with Crippen LogP contribution in [0.25, 0.3) is 0 Å². The molecule has 0 amide bonds. The van der Waals surface area contributed by atoms with Crippen molar-refractivity contribution in [2.24, 2.45) is 0 Å². The van der Waals surface area contributed by atoms with Gasteiger partial charge in [-0.15, -0.1) is 0 Å². The number of aromatic nitrogens is 2. The van der Waals surface area contributed by atoms with Crippen molar-refractivity contribution in [1.29, 1.82) is 0 Å². The molecule has 1 aliphatic heterocycles. The second kappa shape index (κ2) is 5.71. The fourth-order valence-electron chi connectivity index (χ4n) is 2.37. The quantitative estimate of drug-likeness (QED) is 0.885. The predicted octanol–water partition coefficient (Wildman–Crippen LogP) is 1.70. The maximum Gasteiger partial charge on any atom is 0.224 e. The van der Waals surface area contributed by atoms with Gasteiger partial charge in [0, 0.05) is 26.2 Å². The molecule has 1 saturated heterocycles. The van der Waals surface area contributed by atoms with E-state index < -0.39 is 0 Å². The van der Waals surface area contributed by atoms with Crippen LogP contribution in [0.3, 0.4) is 0 Å². The van der Waals surface area contributed by atoms with Gasteiger partial charge in [0.25, 0.3) is 0 Å². The van der Waals surface area contributed by atoms with E-state index in [4.69, 9.17) is 11.6 Å². The highest BCUT2D eigenvalue weighted by molar-refractivity contribution is 6.32. The van der Waals surface area contributed by atoms with Crippen LogP contribution in [0.15, 0.2) is 6.20 Å². The minimum absolute atomic E-state index is 0.398. The van der Waals surface area contributed by atoms with Crippen molar-refractivity contribution in [1.82, 2.24) is 14.9 Å². The highest BCUT2D eigenvalue weighted by Crippen LogP contribution is 2.26. The van der Waals surface area contributed by atoms with Gasteiger partial charge in [-0.2, -0.15) is 4.98 Å². The van der Waals surface area contributed by atoms with Crippen LogP contribution in [0.2, 0.25) is 5.02 Å². The molecule has 0 bridgehead atoms. The molecule has 0 aliphatic carbocycles. The van der Waals surface area contributed by atoms with Crippen LogP contribution in [-0.2, 0) is 0 Å². The summed E-state index contributed by atoms with van der Waals surface area (Å²) in [4.78, 5) is 13.2. The van der Waals surface area contributed by atoms with Crippen molar-refractivity contribution in [2.45, 2.75) is 19.4 Å². The van der Waals surface area contributed by atoms with Gasteiger partial charge in [-0.1, -0.05) is 11.6 Å². The van der Waals surface area contributed by atoms with Gasteiger partial charge in [0.15, 0.2) is 5.82 Å². The lowest BCUT2D eigenvalue weighted by molar-refractivity contribution is 0.337. The molecule has 18 heavy (non-hydrogen) atoms. The molecule has 6 heteroatoms. The van der Waals surface area contributed by atoms with Gasteiger partial charge in [0.05, 0.1) is 6.20 Å². The average molecular weight is 270 g/mol. The molecular weight excluding hydrogens is 250 g/mol. The molecule has 1 atom stereocenters. The Morgan fingerprint density at radius 2 is 2.22 bits per heavy atom. The lowest BCUT2D eigenvalue weighted by Crippen LogP contribution is -2.38. The minimum atomic E-state index is 0.398. The maximum absolute atomic E-state index is 6.23. The number of nitrogens with one attached hydrogen (secondary N) is 1. The van der Waals surface area contributed by atoms with E-state index in [9.17, 15) is 0 Å². The molecule has 1 aromatic rings. The SMILES string of the molecule is CNc1ncc(Cl)c(N2CCCN(C)CC2C)n1. The zero-order valence-electron chi connectivity index (χ0n) is 11.1. The third-order valence-corrected chi connectivity index (χ3v) is 3.53. The van der Waals surface area contributed by atoms with Crippen LogP contribution >= 0.6 is 11.6 Å². The molecule has 0 saturated carbocycles. The van der Waals surface area contributed by atoms with Crippen LogP contribution in [0, 0.1) is 0 Å². The summed E-state index contributed by atoms with van der Waals surface area (Å²) in [5, 5.41) is 3.57. The van der Waals surface area contributed by atoms with Crippen molar-refractivity contribution in [3.8, 4) is 0 Å². The van der Waals surface area contributed by atoms with E-state index in [0.717, 1.165) is 31.9 Å². The molecule has 1 aliphatic rings. The summed E-state index contributed by atoms with van der Waals surface area (Å²) in [5.74, 6) is 1.44. The van der Waals surface area contributed by atoms with Crippen LogP contribution < -0.4 is 10.2 Å². The van der Waals surface area contributed by atoms with Crippen LogP contribution in [0.5, 0.6) is 0 Å². The van der Waals surface area contributed by atoms with Crippen molar-refractivity contribution in [2.75, 3.05) is 43.9 Å². The summed E-state index contributed by atoms with van der Waals surface area (Å²) in [7, 11) is 3.97. The third-order valence-electron chi connectivity index (χ3n) is 3.27. The summed E-state index contributed by atoms with van der Waals surface area (Å²) in [6, 6.07) is 0.398. The van der Waals surface area contributed by atoms with Gasteiger partial charge < -0.3 is 15.1 Å². The van der Waals surface area contributed by atoms with Gasteiger partial charge in [0.2, 0.25) is 5.95 Å². The van der Waals surface area contributed by atoms with E-state index >= 15 is 0 Å². The molecule has 1 aromatic heterocycles. The van der Waals surface area contributed by atoms with Crippen molar-refractivity contribution in [3.05, 3.63) is 11.2 Å². The Labute approximate surface area is 113 Å². The summed E-state index contributed by atoms with van der Waals surface area (Å²) in [6.07, 6.45) is 2.78. The zero-order valence-corrected chi connectivity index (χ0v) is 11.9. The maximum atomic E-state index is 6.23.